The first-order valence-corrected chi connectivity index (χ1v) is 8.94. The third kappa shape index (κ3) is 7.09. The summed E-state index contributed by atoms with van der Waals surface area (Å²) in [5.41, 5.74) is 0.742. The van der Waals surface area contributed by atoms with Crippen molar-refractivity contribution in [2.24, 2.45) is 0 Å². The van der Waals surface area contributed by atoms with Crippen molar-refractivity contribution in [2.45, 2.75) is 32.6 Å². The summed E-state index contributed by atoms with van der Waals surface area (Å²) < 4.78 is 11.7. The summed E-state index contributed by atoms with van der Waals surface area (Å²) in [4.78, 5) is 20.2. The van der Waals surface area contributed by atoms with Crippen molar-refractivity contribution >= 4 is 27.7 Å². The molecule has 0 spiro atoms. The second-order valence-electron chi connectivity index (χ2n) is 5.55. The number of aromatic nitrogens is 2. The van der Waals surface area contributed by atoms with Crippen LogP contribution in [-0.2, 0) is 4.79 Å². The quantitative estimate of drug-likeness (QED) is 0.632. The van der Waals surface area contributed by atoms with Gasteiger partial charge in [0.15, 0.2) is 0 Å². The first kappa shape index (κ1) is 19.2. The molecule has 1 N–H and O–H groups in total. The molecule has 0 radical (unpaired) electrons. The lowest BCUT2D eigenvalue weighted by atomic mass is 10.2. The van der Waals surface area contributed by atoms with Crippen molar-refractivity contribution in [3.8, 4) is 11.8 Å². The molecule has 0 atom stereocenters. The number of methoxy groups -OCH3 is 1. The zero-order valence-corrected chi connectivity index (χ0v) is 16.0. The van der Waals surface area contributed by atoms with Crippen LogP contribution in [0.5, 0.6) is 11.8 Å². The van der Waals surface area contributed by atoms with Crippen LogP contribution in [-0.4, -0.2) is 29.6 Å². The molecule has 0 fully saturated rings. The smallest absolute Gasteiger partial charge is 0.318 e. The van der Waals surface area contributed by atoms with E-state index in [9.17, 15) is 4.79 Å². The number of hydrogen-bond donors (Lipinski definition) is 1. The van der Waals surface area contributed by atoms with Gasteiger partial charge in [-0.2, -0.15) is 4.98 Å². The van der Waals surface area contributed by atoms with E-state index in [2.05, 4.69) is 31.2 Å². The summed E-state index contributed by atoms with van der Waals surface area (Å²) in [6, 6.07) is 9.72. The Bertz CT molecular complexity index is 710. The van der Waals surface area contributed by atoms with E-state index in [0.717, 1.165) is 35.2 Å². The lowest BCUT2D eigenvalue weighted by molar-refractivity contribution is -0.116. The number of amides is 1. The van der Waals surface area contributed by atoms with E-state index in [1.807, 2.05) is 31.2 Å². The second-order valence-corrected chi connectivity index (χ2v) is 6.46. The molecule has 134 valence electrons. The third-order valence-electron chi connectivity index (χ3n) is 3.40. The fraction of sp³-hybridized carbons (Fsp3) is 0.389. The van der Waals surface area contributed by atoms with Gasteiger partial charge in [0.2, 0.25) is 5.91 Å². The highest BCUT2D eigenvalue weighted by Crippen LogP contribution is 2.18. The highest BCUT2D eigenvalue weighted by molar-refractivity contribution is 9.10. The van der Waals surface area contributed by atoms with Gasteiger partial charge in [-0.1, -0.05) is 22.0 Å². The SMILES string of the molecule is COc1nc(C)cc(NC(=O)CCCCCOc2cccc(Br)c2)n1. The summed E-state index contributed by atoms with van der Waals surface area (Å²) in [6.45, 7) is 2.46. The van der Waals surface area contributed by atoms with Gasteiger partial charge in [0.1, 0.15) is 11.6 Å². The molecule has 1 aromatic heterocycles. The summed E-state index contributed by atoms with van der Waals surface area (Å²) in [6.07, 6.45) is 3.07. The highest BCUT2D eigenvalue weighted by Gasteiger charge is 2.06. The Morgan fingerprint density at radius 2 is 2.04 bits per heavy atom. The molecule has 0 aliphatic heterocycles. The average Bonchev–Trinajstić information content (AvgIpc) is 2.57. The number of ether oxygens (including phenoxy) is 2. The molecule has 7 heteroatoms. The largest absolute Gasteiger partial charge is 0.494 e. The normalized spacial score (nSPS) is 10.4. The number of nitrogens with zero attached hydrogens (tertiary/aromatic N) is 2. The van der Waals surface area contributed by atoms with Crippen LogP contribution in [0, 0.1) is 6.92 Å². The summed E-state index contributed by atoms with van der Waals surface area (Å²) in [7, 11) is 1.50. The molecule has 2 rings (SSSR count). The number of aryl methyl sites for hydroxylation is 1. The van der Waals surface area contributed by atoms with Crippen LogP contribution >= 0.6 is 15.9 Å². The third-order valence-corrected chi connectivity index (χ3v) is 3.89. The van der Waals surface area contributed by atoms with Gasteiger partial charge in [0.25, 0.3) is 0 Å². The second kappa shape index (κ2) is 9.98. The minimum absolute atomic E-state index is 0.0620. The Balaban J connectivity index is 1.63. The van der Waals surface area contributed by atoms with Gasteiger partial charge in [0, 0.05) is 22.7 Å². The van der Waals surface area contributed by atoms with E-state index in [-0.39, 0.29) is 11.9 Å². The average molecular weight is 408 g/mol. The number of nitrogens with one attached hydrogen (secondary N) is 1. The maximum absolute atomic E-state index is 12.0. The van der Waals surface area contributed by atoms with E-state index in [1.54, 1.807) is 6.07 Å². The Labute approximate surface area is 156 Å². The molecule has 2 aromatic rings. The molecule has 1 amide bonds. The first-order valence-electron chi connectivity index (χ1n) is 8.14. The minimum Gasteiger partial charge on any atom is -0.494 e. The number of rotatable bonds is 9. The topological polar surface area (TPSA) is 73.3 Å². The molecule has 0 saturated carbocycles. The lowest BCUT2D eigenvalue weighted by Gasteiger charge is -2.08. The van der Waals surface area contributed by atoms with Gasteiger partial charge < -0.3 is 14.8 Å². The number of benzene rings is 1. The van der Waals surface area contributed by atoms with Gasteiger partial charge in [-0.25, -0.2) is 4.98 Å². The standard InChI is InChI=1S/C18H22BrN3O3/c1-13-11-16(22-18(20-13)24-2)21-17(23)9-4-3-5-10-25-15-8-6-7-14(19)12-15/h6-8,11-12H,3-5,9-10H2,1-2H3,(H,20,21,22,23). The summed E-state index contributed by atoms with van der Waals surface area (Å²) >= 11 is 3.41. The van der Waals surface area contributed by atoms with Crippen molar-refractivity contribution in [3.63, 3.8) is 0 Å². The van der Waals surface area contributed by atoms with Crippen molar-refractivity contribution in [3.05, 3.63) is 40.5 Å². The van der Waals surface area contributed by atoms with Crippen molar-refractivity contribution in [2.75, 3.05) is 19.0 Å². The molecule has 6 nitrogen and oxygen atoms in total. The summed E-state index contributed by atoms with van der Waals surface area (Å²) in [5.74, 6) is 1.25. The van der Waals surface area contributed by atoms with E-state index < -0.39 is 0 Å². The number of hydrogen-bond acceptors (Lipinski definition) is 5. The fourth-order valence-electron chi connectivity index (χ4n) is 2.21. The number of halogens is 1. The monoisotopic (exact) mass is 407 g/mol. The predicted octanol–water partition coefficient (Wildman–Crippen LogP) is 4.13. The molecular formula is C18H22BrN3O3. The number of unbranched alkanes of at least 4 members (excludes halogenated alkanes) is 2. The van der Waals surface area contributed by atoms with E-state index in [1.165, 1.54) is 7.11 Å². The van der Waals surface area contributed by atoms with E-state index >= 15 is 0 Å². The van der Waals surface area contributed by atoms with Crippen LogP contribution in [0.2, 0.25) is 0 Å². The zero-order chi connectivity index (χ0) is 18.1. The number of carbonyl (C=O) groups excluding carboxylic acids is 1. The van der Waals surface area contributed by atoms with Crippen LogP contribution < -0.4 is 14.8 Å². The van der Waals surface area contributed by atoms with Gasteiger partial charge >= 0.3 is 6.01 Å². The number of anilines is 1. The van der Waals surface area contributed by atoms with Gasteiger partial charge in [-0.3, -0.25) is 4.79 Å². The van der Waals surface area contributed by atoms with Crippen molar-refractivity contribution in [1.29, 1.82) is 0 Å². The molecule has 1 heterocycles. The maximum Gasteiger partial charge on any atom is 0.318 e. The Morgan fingerprint density at radius 3 is 2.80 bits per heavy atom. The van der Waals surface area contributed by atoms with Gasteiger partial charge in [-0.05, 0) is 44.4 Å². The van der Waals surface area contributed by atoms with Gasteiger partial charge in [0.05, 0.1) is 13.7 Å². The van der Waals surface area contributed by atoms with Crippen LogP contribution in [0.25, 0.3) is 0 Å². The summed E-state index contributed by atoms with van der Waals surface area (Å²) in [5, 5.41) is 2.77. The number of carbonyl (C=O) groups is 1. The van der Waals surface area contributed by atoms with E-state index in [4.69, 9.17) is 9.47 Å². The Hall–Kier alpha value is -2.15. The van der Waals surface area contributed by atoms with Crippen molar-refractivity contribution in [1.82, 2.24) is 9.97 Å². The molecule has 0 saturated heterocycles. The van der Waals surface area contributed by atoms with Crippen LogP contribution in [0.3, 0.4) is 0 Å². The van der Waals surface area contributed by atoms with Crippen LogP contribution in [0.15, 0.2) is 34.8 Å². The van der Waals surface area contributed by atoms with E-state index in [0.29, 0.717) is 18.8 Å². The molecule has 0 aliphatic carbocycles. The molecule has 1 aromatic carbocycles. The van der Waals surface area contributed by atoms with Crippen LogP contribution in [0.4, 0.5) is 5.82 Å². The van der Waals surface area contributed by atoms with Crippen LogP contribution in [0.1, 0.15) is 31.4 Å². The van der Waals surface area contributed by atoms with Gasteiger partial charge in [-0.15, -0.1) is 0 Å². The maximum atomic E-state index is 12.0. The lowest BCUT2D eigenvalue weighted by Crippen LogP contribution is -2.13. The molecule has 0 unspecified atom stereocenters. The fourth-order valence-corrected chi connectivity index (χ4v) is 2.59. The minimum atomic E-state index is -0.0620. The predicted molar refractivity (Wildman–Crippen MR) is 100 cm³/mol. The molecule has 0 aliphatic rings. The highest BCUT2D eigenvalue weighted by atomic mass is 79.9. The zero-order valence-electron chi connectivity index (χ0n) is 14.4. The Morgan fingerprint density at radius 1 is 1.20 bits per heavy atom. The molecular weight excluding hydrogens is 386 g/mol. The Kier molecular flexibility index (Phi) is 7.66. The first-order chi connectivity index (χ1) is 12.1. The molecule has 0 bridgehead atoms. The van der Waals surface area contributed by atoms with Crippen molar-refractivity contribution < 1.29 is 14.3 Å². The molecule has 25 heavy (non-hydrogen) atoms.